The van der Waals surface area contributed by atoms with Crippen molar-refractivity contribution in [3.8, 4) is 0 Å². The highest BCUT2D eigenvalue weighted by atomic mass is 32.2. The van der Waals surface area contributed by atoms with Crippen LogP contribution < -0.4 is 5.32 Å². The Morgan fingerprint density at radius 2 is 1.72 bits per heavy atom. The highest BCUT2D eigenvalue weighted by Gasteiger charge is 2.40. The molecule has 1 aliphatic heterocycles. The van der Waals surface area contributed by atoms with Gasteiger partial charge in [0, 0.05) is 6.92 Å². The zero-order valence-corrected chi connectivity index (χ0v) is 16.3. The zero-order chi connectivity index (χ0) is 21.0. The molecule has 0 atom stereocenters. The molecular formula is C20H18N2O6S. The number of esters is 1. The Bertz CT molecular complexity index is 1090. The molecule has 3 rings (SSSR count). The smallest absolute Gasteiger partial charge is 0.354 e. The molecule has 0 bridgehead atoms. The number of nitrogens with one attached hydrogen (secondary N) is 1. The van der Waals surface area contributed by atoms with E-state index in [9.17, 15) is 22.8 Å². The van der Waals surface area contributed by atoms with Gasteiger partial charge in [0.2, 0.25) is 5.91 Å². The van der Waals surface area contributed by atoms with Crippen molar-refractivity contribution in [3.63, 3.8) is 0 Å². The van der Waals surface area contributed by atoms with Gasteiger partial charge in [-0.15, -0.1) is 0 Å². The number of benzene rings is 2. The van der Waals surface area contributed by atoms with E-state index in [0.717, 1.165) is 0 Å². The molecule has 0 fully saturated rings. The molecule has 1 heterocycles. The van der Waals surface area contributed by atoms with Crippen LogP contribution in [0.1, 0.15) is 22.8 Å². The van der Waals surface area contributed by atoms with Gasteiger partial charge in [-0.05, 0) is 23.8 Å². The van der Waals surface area contributed by atoms with Gasteiger partial charge in [0.25, 0.3) is 15.9 Å². The number of carbonyl (C=O) groups excluding carboxylic acids is 3. The molecule has 0 saturated carbocycles. The van der Waals surface area contributed by atoms with Crippen molar-refractivity contribution in [3.05, 3.63) is 71.4 Å². The molecule has 150 valence electrons. The molecule has 0 spiro atoms. The summed E-state index contributed by atoms with van der Waals surface area (Å²) in [5.41, 5.74) is 0.658. The fourth-order valence-electron chi connectivity index (χ4n) is 2.80. The van der Waals surface area contributed by atoms with E-state index in [2.05, 4.69) is 5.32 Å². The minimum atomic E-state index is -3.97. The number of hydrogen-bond acceptors (Lipinski definition) is 6. The lowest BCUT2D eigenvalue weighted by atomic mass is 10.2. The van der Waals surface area contributed by atoms with Gasteiger partial charge in [0.15, 0.2) is 0 Å². The van der Waals surface area contributed by atoms with Crippen molar-refractivity contribution >= 4 is 33.9 Å². The topological polar surface area (TPSA) is 110 Å². The first-order chi connectivity index (χ1) is 13.8. The second kappa shape index (κ2) is 8.27. The average molecular weight is 414 g/mol. The Hall–Kier alpha value is -3.46. The summed E-state index contributed by atoms with van der Waals surface area (Å²) < 4.78 is 30.7. The quantitative estimate of drug-likeness (QED) is 0.567. The lowest BCUT2D eigenvalue weighted by Gasteiger charge is -2.15. The van der Waals surface area contributed by atoms with Crippen molar-refractivity contribution in [2.75, 3.05) is 13.2 Å². The molecule has 0 unspecified atom stereocenters. The summed E-state index contributed by atoms with van der Waals surface area (Å²) in [6.45, 7) is 0.558. The number of rotatable bonds is 6. The summed E-state index contributed by atoms with van der Waals surface area (Å²) in [5.74, 6) is -1.97. The first kappa shape index (κ1) is 20.3. The number of hydrogen-bond donors (Lipinski definition) is 1. The van der Waals surface area contributed by atoms with Gasteiger partial charge in [0.1, 0.15) is 17.2 Å². The average Bonchev–Trinajstić information content (AvgIpc) is 2.88. The van der Waals surface area contributed by atoms with Gasteiger partial charge >= 0.3 is 5.97 Å². The van der Waals surface area contributed by atoms with Crippen LogP contribution >= 0.6 is 0 Å². The van der Waals surface area contributed by atoms with Crippen LogP contribution in [0.5, 0.6) is 0 Å². The molecule has 0 radical (unpaired) electrons. The van der Waals surface area contributed by atoms with E-state index >= 15 is 0 Å². The van der Waals surface area contributed by atoms with Gasteiger partial charge in [-0.2, -0.15) is 0 Å². The number of ether oxygens (including phenoxy) is 1. The minimum absolute atomic E-state index is 0.0702. The van der Waals surface area contributed by atoms with E-state index in [1.807, 2.05) is 0 Å². The first-order valence-electron chi connectivity index (χ1n) is 8.68. The lowest BCUT2D eigenvalue weighted by molar-refractivity contribution is -0.140. The Kier molecular flexibility index (Phi) is 5.79. The number of carbonyl (C=O) groups is 3. The maximum Gasteiger partial charge on any atom is 0.354 e. The molecule has 0 saturated heterocycles. The molecule has 0 aliphatic carbocycles. The highest BCUT2D eigenvalue weighted by Crippen LogP contribution is 2.29. The third-order valence-corrected chi connectivity index (χ3v) is 5.92. The predicted molar refractivity (Wildman–Crippen MR) is 104 cm³/mol. The van der Waals surface area contributed by atoms with E-state index in [1.54, 1.807) is 36.4 Å². The summed E-state index contributed by atoms with van der Waals surface area (Å²) in [6.07, 6.45) is 1.44. The van der Waals surface area contributed by atoms with E-state index < -0.39 is 27.8 Å². The van der Waals surface area contributed by atoms with E-state index in [-0.39, 0.29) is 29.3 Å². The summed E-state index contributed by atoms with van der Waals surface area (Å²) in [7, 11) is -3.97. The highest BCUT2D eigenvalue weighted by molar-refractivity contribution is 7.90. The Labute approximate surface area is 167 Å². The molecule has 1 N–H and O–H groups in total. The second-order valence-corrected chi connectivity index (χ2v) is 8.00. The monoisotopic (exact) mass is 414 g/mol. The molecule has 2 aromatic carbocycles. The summed E-state index contributed by atoms with van der Waals surface area (Å²) >= 11 is 0. The van der Waals surface area contributed by atoms with Crippen molar-refractivity contribution < 1.29 is 27.5 Å². The summed E-state index contributed by atoms with van der Waals surface area (Å²) in [5, 5.41) is 2.39. The van der Waals surface area contributed by atoms with Gasteiger partial charge in [-0.25, -0.2) is 17.5 Å². The largest absolute Gasteiger partial charge is 0.459 e. The van der Waals surface area contributed by atoms with Crippen molar-refractivity contribution in [1.29, 1.82) is 0 Å². The van der Waals surface area contributed by atoms with Crippen LogP contribution in [0.2, 0.25) is 0 Å². The molecule has 2 amide bonds. The normalized spacial score (nSPS) is 15.0. The molecular weight excluding hydrogens is 396 g/mol. The number of sulfonamides is 1. The first-order valence-corrected chi connectivity index (χ1v) is 10.1. The van der Waals surface area contributed by atoms with Crippen molar-refractivity contribution in [2.24, 2.45) is 0 Å². The molecule has 2 aromatic rings. The predicted octanol–water partition coefficient (Wildman–Crippen LogP) is 1.55. The van der Waals surface area contributed by atoms with Crippen LogP contribution in [0.4, 0.5) is 0 Å². The van der Waals surface area contributed by atoms with Crippen LogP contribution in [-0.4, -0.2) is 43.7 Å². The Morgan fingerprint density at radius 3 is 2.38 bits per heavy atom. The van der Waals surface area contributed by atoms with Crippen molar-refractivity contribution in [1.82, 2.24) is 9.62 Å². The fraction of sp³-hybridized carbons (Fsp3) is 0.150. The van der Waals surface area contributed by atoms with Crippen LogP contribution in [0, 0.1) is 0 Å². The summed E-state index contributed by atoms with van der Waals surface area (Å²) in [4.78, 5) is 36.0. The standard InChI is InChI=1S/C20H18N2O6S/c1-14(23)21-17(13-15-7-3-2-4-8-15)20(25)28-12-11-22-19(24)16-9-5-6-10-18(16)29(22,26)27/h2-10,13H,11-12H2,1H3,(H,21,23)/b17-13-. The number of fused-ring (bicyclic) bond motifs is 1. The maximum atomic E-state index is 12.5. The van der Waals surface area contributed by atoms with Gasteiger partial charge in [-0.3, -0.25) is 9.59 Å². The number of amides is 2. The molecule has 29 heavy (non-hydrogen) atoms. The van der Waals surface area contributed by atoms with Crippen LogP contribution in [0.3, 0.4) is 0 Å². The second-order valence-electron chi connectivity index (χ2n) is 6.16. The third-order valence-electron chi connectivity index (χ3n) is 4.08. The summed E-state index contributed by atoms with van der Waals surface area (Å²) in [6, 6.07) is 14.7. The minimum Gasteiger partial charge on any atom is -0.459 e. The van der Waals surface area contributed by atoms with Gasteiger partial charge in [-0.1, -0.05) is 42.5 Å². The lowest BCUT2D eigenvalue weighted by Crippen LogP contribution is -2.34. The maximum absolute atomic E-state index is 12.5. The molecule has 1 aliphatic rings. The molecule has 8 nitrogen and oxygen atoms in total. The van der Waals surface area contributed by atoms with E-state index in [1.165, 1.54) is 31.2 Å². The Balaban J connectivity index is 1.69. The van der Waals surface area contributed by atoms with Crippen LogP contribution in [0.25, 0.3) is 6.08 Å². The molecule has 9 heteroatoms. The van der Waals surface area contributed by atoms with Gasteiger partial charge in [0.05, 0.1) is 12.1 Å². The van der Waals surface area contributed by atoms with E-state index in [0.29, 0.717) is 9.87 Å². The van der Waals surface area contributed by atoms with Crippen LogP contribution in [0.15, 0.2) is 65.2 Å². The van der Waals surface area contributed by atoms with Crippen molar-refractivity contribution in [2.45, 2.75) is 11.8 Å². The number of nitrogens with zero attached hydrogens (tertiary/aromatic N) is 1. The van der Waals surface area contributed by atoms with Crippen LogP contribution in [-0.2, 0) is 24.3 Å². The SMILES string of the molecule is CC(=O)N/C(=C\c1ccccc1)C(=O)OCCN1C(=O)c2ccccc2S1(=O)=O. The molecule has 0 aromatic heterocycles. The van der Waals surface area contributed by atoms with E-state index in [4.69, 9.17) is 4.74 Å². The fourth-order valence-corrected chi connectivity index (χ4v) is 4.36. The van der Waals surface area contributed by atoms with Gasteiger partial charge < -0.3 is 10.1 Å². The Morgan fingerprint density at radius 1 is 1.07 bits per heavy atom. The zero-order valence-electron chi connectivity index (χ0n) is 15.5. The third kappa shape index (κ3) is 4.35.